The highest BCUT2D eigenvalue weighted by molar-refractivity contribution is 7.88. The van der Waals surface area contributed by atoms with Gasteiger partial charge in [0.05, 0.1) is 11.4 Å². The summed E-state index contributed by atoms with van der Waals surface area (Å²) in [6.07, 6.45) is 1.38. The number of anilines is 2. The van der Waals surface area contributed by atoms with Crippen LogP contribution in [0.1, 0.15) is 19.4 Å². The van der Waals surface area contributed by atoms with Gasteiger partial charge in [-0.05, 0) is 36.9 Å². The minimum atomic E-state index is -3.33. The smallest absolute Gasteiger partial charge is 0.254 e. The van der Waals surface area contributed by atoms with Crippen molar-refractivity contribution in [3.8, 4) is 11.3 Å². The molecule has 8 nitrogen and oxygen atoms in total. The van der Waals surface area contributed by atoms with Gasteiger partial charge in [0.2, 0.25) is 10.0 Å². The van der Waals surface area contributed by atoms with Crippen LogP contribution >= 0.6 is 0 Å². The topological polar surface area (TPSA) is 101 Å². The van der Waals surface area contributed by atoms with E-state index in [-0.39, 0.29) is 11.6 Å². The van der Waals surface area contributed by atoms with Crippen LogP contribution in [0.15, 0.2) is 60.9 Å². The minimum absolute atomic E-state index is 0.0997. The molecule has 2 aromatic carbocycles. The Morgan fingerprint density at radius 2 is 1.81 bits per heavy atom. The van der Waals surface area contributed by atoms with Gasteiger partial charge in [0.25, 0.3) is 5.78 Å². The van der Waals surface area contributed by atoms with Crippen LogP contribution in [-0.2, 0) is 15.8 Å². The van der Waals surface area contributed by atoms with E-state index >= 15 is 0 Å². The zero-order valence-corrected chi connectivity index (χ0v) is 18.2. The van der Waals surface area contributed by atoms with Crippen LogP contribution in [0.25, 0.3) is 17.0 Å². The lowest BCUT2D eigenvalue weighted by molar-refractivity contribution is 0.587. The molecule has 0 fully saturated rings. The van der Waals surface area contributed by atoms with Crippen LogP contribution in [0.4, 0.5) is 15.9 Å². The van der Waals surface area contributed by atoms with Gasteiger partial charge in [-0.25, -0.2) is 17.5 Å². The number of sulfonamides is 1. The van der Waals surface area contributed by atoms with Gasteiger partial charge < -0.3 is 5.32 Å². The summed E-state index contributed by atoms with van der Waals surface area (Å²) >= 11 is 0. The first kappa shape index (κ1) is 22.3. The van der Waals surface area contributed by atoms with Crippen LogP contribution in [-0.4, -0.2) is 35.0 Å². The summed E-state index contributed by atoms with van der Waals surface area (Å²) in [5.74, 6) is 0.415. The molecule has 31 heavy (non-hydrogen) atoms. The van der Waals surface area contributed by atoms with Crippen molar-refractivity contribution in [3.05, 3.63) is 72.3 Å². The molecule has 2 N–H and O–H groups in total. The van der Waals surface area contributed by atoms with E-state index in [0.29, 0.717) is 28.4 Å². The molecule has 0 amide bonds. The van der Waals surface area contributed by atoms with Gasteiger partial charge in [-0.1, -0.05) is 38.1 Å². The van der Waals surface area contributed by atoms with Crippen molar-refractivity contribution >= 4 is 27.3 Å². The van der Waals surface area contributed by atoms with E-state index in [1.807, 2.05) is 13.8 Å². The third-order valence-corrected chi connectivity index (χ3v) is 5.60. The predicted octanol–water partition coefficient (Wildman–Crippen LogP) is 3.75. The number of nitrogens with zero attached hydrogens (tertiary/aromatic N) is 4. The highest BCUT2D eigenvalue weighted by atomic mass is 32.2. The van der Waals surface area contributed by atoms with Crippen molar-refractivity contribution in [2.75, 3.05) is 12.4 Å². The molecule has 0 bridgehead atoms. The maximum absolute atomic E-state index is 13.7. The van der Waals surface area contributed by atoms with Crippen LogP contribution in [0.2, 0.25) is 0 Å². The number of halogens is 1. The van der Waals surface area contributed by atoms with Crippen LogP contribution in [0, 0.1) is 5.82 Å². The molecule has 0 spiro atoms. The predicted molar refractivity (Wildman–Crippen MR) is 119 cm³/mol. The molecule has 0 aliphatic heterocycles. The Labute approximate surface area is 180 Å². The fourth-order valence-electron chi connectivity index (χ4n) is 2.85. The van der Waals surface area contributed by atoms with E-state index in [2.05, 4.69) is 25.1 Å². The molecule has 0 saturated carbocycles. The van der Waals surface area contributed by atoms with Gasteiger partial charge in [0.15, 0.2) is 0 Å². The standard InChI is InChI=1S/C19H17FN6O2S.C2H6/c1-21-29(27,28)11-13-5-7-16(8-6-13)24-18-10-17(14-3-2-4-15(20)9-14)26-19(25-18)22-12-23-26;1-2/h2-10,12,21H,11H2,1H3,(H,22,23,24,25);1-2H3. The van der Waals surface area contributed by atoms with Crippen molar-refractivity contribution in [2.45, 2.75) is 19.6 Å². The zero-order valence-electron chi connectivity index (χ0n) is 17.4. The first-order valence-corrected chi connectivity index (χ1v) is 11.3. The Bertz CT molecular complexity index is 1270. The number of nitrogens with one attached hydrogen (secondary N) is 2. The van der Waals surface area contributed by atoms with E-state index in [9.17, 15) is 12.8 Å². The third kappa shape index (κ3) is 5.41. The Morgan fingerprint density at radius 1 is 1.06 bits per heavy atom. The maximum Gasteiger partial charge on any atom is 0.254 e. The molecule has 4 aromatic rings. The van der Waals surface area contributed by atoms with Gasteiger partial charge in [-0.2, -0.15) is 19.6 Å². The molecule has 0 atom stereocenters. The summed E-state index contributed by atoms with van der Waals surface area (Å²) in [5.41, 5.74) is 2.65. The SMILES string of the molecule is CC.CNS(=O)(=O)Cc1ccc(Nc2cc(-c3cccc(F)c3)n3ncnc3n2)cc1. The van der Waals surface area contributed by atoms with Crippen molar-refractivity contribution in [1.82, 2.24) is 24.3 Å². The minimum Gasteiger partial charge on any atom is -0.340 e. The van der Waals surface area contributed by atoms with E-state index in [4.69, 9.17) is 0 Å². The average molecular weight is 443 g/mol. The Hall–Kier alpha value is -3.37. The molecule has 0 radical (unpaired) electrons. The van der Waals surface area contributed by atoms with Crippen molar-refractivity contribution in [1.29, 1.82) is 0 Å². The lowest BCUT2D eigenvalue weighted by atomic mass is 10.1. The summed E-state index contributed by atoms with van der Waals surface area (Å²) in [7, 11) is -1.95. The van der Waals surface area contributed by atoms with Crippen LogP contribution in [0.5, 0.6) is 0 Å². The number of benzene rings is 2. The van der Waals surface area contributed by atoms with Gasteiger partial charge in [0, 0.05) is 17.3 Å². The van der Waals surface area contributed by atoms with E-state index in [1.165, 1.54) is 30.0 Å². The average Bonchev–Trinajstić information content (AvgIpc) is 3.24. The first-order valence-electron chi connectivity index (χ1n) is 9.67. The first-order chi connectivity index (χ1) is 14.9. The summed E-state index contributed by atoms with van der Waals surface area (Å²) < 4.78 is 40.8. The number of hydrogen-bond donors (Lipinski definition) is 2. The number of rotatable bonds is 6. The molecule has 0 unspecified atom stereocenters. The Morgan fingerprint density at radius 3 is 2.48 bits per heavy atom. The second kappa shape index (κ2) is 9.63. The maximum atomic E-state index is 13.7. The van der Waals surface area contributed by atoms with Crippen molar-refractivity contribution < 1.29 is 12.8 Å². The highest BCUT2D eigenvalue weighted by Crippen LogP contribution is 2.25. The van der Waals surface area contributed by atoms with E-state index < -0.39 is 10.0 Å². The molecule has 2 aromatic heterocycles. The summed E-state index contributed by atoms with van der Waals surface area (Å²) in [6, 6.07) is 14.9. The second-order valence-corrected chi connectivity index (χ2v) is 8.22. The molecule has 4 rings (SSSR count). The number of aromatic nitrogens is 4. The summed E-state index contributed by atoms with van der Waals surface area (Å²) in [6.45, 7) is 4.00. The lowest BCUT2D eigenvalue weighted by Gasteiger charge is -2.10. The summed E-state index contributed by atoms with van der Waals surface area (Å²) in [4.78, 5) is 8.54. The zero-order chi connectivity index (χ0) is 22.4. The van der Waals surface area contributed by atoms with Crippen LogP contribution < -0.4 is 10.0 Å². The molecule has 162 valence electrons. The van der Waals surface area contributed by atoms with Crippen molar-refractivity contribution in [3.63, 3.8) is 0 Å². The highest BCUT2D eigenvalue weighted by Gasteiger charge is 2.12. The third-order valence-electron chi connectivity index (χ3n) is 4.27. The number of hydrogen-bond acceptors (Lipinski definition) is 6. The van der Waals surface area contributed by atoms with Gasteiger partial charge in [0.1, 0.15) is 18.0 Å². The molecular weight excluding hydrogens is 419 g/mol. The lowest BCUT2D eigenvalue weighted by Crippen LogP contribution is -2.20. The molecule has 0 saturated heterocycles. The fraction of sp³-hybridized carbons (Fsp3) is 0.190. The van der Waals surface area contributed by atoms with E-state index in [0.717, 1.165) is 5.69 Å². The van der Waals surface area contributed by atoms with Gasteiger partial charge >= 0.3 is 0 Å². The van der Waals surface area contributed by atoms with Gasteiger partial charge in [-0.15, -0.1) is 0 Å². The molecule has 0 aliphatic carbocycles. The van der Waals surface area contributed by atoms with E-state index in [1.54, 1.807) is 42.5 Å². The van der Waals surface area contributed by atoms with Crippen LogP contribution in [0.3, 0.4) is 0 Å². The van der Waals surface area contributed by atoms with Gasteiger partial charge in [-0.3, -0.25) is 0 Å². The summed E-state index contributed by atoms with van der Waals surface area (Å²) in [5, 5.41) is 7.32. The fourth-order valence-corrected chi connectivity index (χ4v) is 3.63. The quantitative estimate of drug-likeness (QED) is 0.472. The molecule has 10 heteroatoms. The molecule has 2 heterocycles. The number of fused-ring (bicyclic) bond motifs is 1. The molecule has 0 aliphatic rings. The normalized spacial score (nSPS) is 11.1. The Balaban J connectivity index is 0.00000132. The largest absolute Gasteiger partial charge is 0.340 e. The Kier molecular flexibility index (Phi) is 6.93. The monoisotopic (exact) mass is 442 g/mol. The van der Waals surface area contributed by atoms with Crippen molar-refractivity contribution in [2.24, 2.45) is 0 Å². The molecular formula is C21H23FN6O2S. The second-order valence-electron chi connectivity index (χ2n) is 6.29.